The van der Waals surface area contributed by atoms with Gasteiger partial charge in [-0.2, -0.15) is 4.57 Å². The normalized spacial score (nSPS) is 11.5. The fourth-order valence-electron chi connectivity index (χ4n) is 1.97. The Labute approximate surface area is 162 Å². The molecule has 1 heterocycles. The Morgan fingerprint density at radius 2 is 1.50 bits per heavy atom. The van der Waals surface area contributed by atoms with Crippen molar-refractivity contribution in [2.24, 2.45) is 0 Å². The van der Waals surface area contributed by atoms with Gasteiger partial charge in [-0.25, -0.2) is 0 Å². The molecule has 0 saturated carbocycles. The van der Waals surface area contributed by atoms with Gasteiger partial charge in [0, 0.05) is 12.1 Å². The molecule has 0 aromatic carbocycles. The zero-order chi connectivity index (χ0) is 19.4. The van der Waals surface area contributed by atoms with Crippen LogP contribution in [0, 0.1) is 0 Å². The van der Waals surface area contributed by atoms with Crippen LogP contribution in [0.25, 0.3) is 5.70 Å². The van der Waals surface area contributed by atoms with Gasteiger partial charge < -0.3 is 9.47 Å². The van der Waals surface area contributed by atoms with Gasteiger partial charge in [-0.15, -0.1) is 23.5 Å². The molecule has 8 heteroatoms. The van der Waals surface area contributed by atoms with E-state index in [-0.39, 0.29) is 30.5 Å². The van der Waals surface area contributed by atoms with E-state index in [1.165, 1.54) is 23.5 Å². The number of carbonyl (C=O) groups excluding carboxylic acids is 3. The van der Waals surface area contributed by atoms with Crippen molar-refractivity contribution >= 4 is 46.9 Å². The molecule has 0 radical (unpaired) electrons. The number of hydrogen-bond acceptors (Lipinski definition) is 7. The van der Waals surface area contributed by atoms with E-state index in [9.17, 15) is 14.4 Å². The molecule has 1 rings (SSSR count). The molecule has 0 aliphatic rings. The highest BCUT2D eigenvalue weighted by atomic mass is 32.2. The first-order valence-electron chi connectivity index (χ1n) is 8.34. The molecule has 1 aromatic rings. The quantitative estimate of drug-likeness (QED) is 0.246. The number of carbonyl (C=O) groups is 3. The monoisotopic (exact) mass is 398 g/mol. The minimum absolute atomic E-state index is 0.0970. The second-order valence-corrected chi connectivity index (χ2v) is 7.37. The number of allylic oxidation sites excluding steroid dienone is 1. The zero-order valence-electron chi connectivity index (χ0n) is 15.2. The number of ketones is 1. The third-order valence-electron chi connectivity index (χ3n) is 2.94. The third kappa shape index (κ3) is 7.61. The maximum absolute atomic E-state index is 12.8. The Bertz CT molecular complexity index is 646. The second kappa shape index (κ2) is 12.5. The summed E-state index contributed by atoms with van der Waals surface area (Å²) in [7, 11) is 0. The van der Waals surface area contributed by atoms with Crippen molar-refractivity contribution < 1.29 is 28.4 Å². The summed E-state index contributed by atoms with van der Waals surface area (Å²) in [5, 5.41) is 0. The van der Waals surface area contributed by atoms with E-state index < -0.39 is 5.97 Å². The third-order valence-corrected chi connectivity index (χ3v) is 5.23. The van der Waals surface area contributed by atoms with E-state index in [0.717, 1.165) is 5.75 Å². The summed E-state index contributed by atoms with van der Waals surface area (Å²) in [5.74, 6) is -0.453. The number of thioether (sulfide) groups is 2. The molecule has 6 nitrogen and oxygen atoms in total. The van der Waals surface area contributed by atoms with Crippen LogP contribution in [0.1, 0.15) is 27.2 Å². The summed E-state index contributed by atoms with van der Waals surface area (Å²) in [6.45, 7) is 5.92. The first-order chi connectivity index (χ1) is 12.5. The van der Waals surface area contributed by atoms with Crippen LogP contribution >= 0.6 is 23.5 Å². The summed E-state index contributed by atoms with van der Waals surface area (Å²) in [5.41, 5.74) is 0.361. The summed E-state index contributed by atoms with van der Waals surface area (Å²) in [6, 6.07) is 5.42. The van der Waals surface area contributed by atoms with Gasteiger partial charge >= 0.3 is 11.9 Å². The summed E-state index contributed by atoms with van der Waals surface area (Å²) < 4.78 is 12.2. The standard InChI is InChI=1S/C18H24NO5S2/c1-4-23-15(21)12-14(20)17(19-10-8-7-9-11-19)18(25-6-3)26-13-16(22)24-5-2/h7-11H,4-6,12-13H2,1-3H3/q+1/b18-17-. The van der Waals surface area contributed by atoms with Gasteiger partial charge in [-0.3, -0.25) is 14.4 Å². The molecule has 0 spiro atoms. The van der Waals surface area contributed by atoms with E-state index in [2.05, 4.69) is 0 Å². The van der Waals surface area contributed by atoms with Crippen LogP contribution in [0.3, 0.4) is 0 Å². The van der Waals surface area contributed by atoms with Crippen LogP contribution in [0.5, 0.6) is 0 Å². The molecule has 142 valence electrons. The largest absolute Gasteiger partial charge is 0.466 e. The van der Waals surface area contributed by atoms with Crippen molar-refractivity contribution in [3.63, 3.8) is 0 Å². The molecule has 0 N–H and O–H groups in total. The Hall–Kier alpha value is -1.80. The van der Waals surface area contributed by atoms with Crippen LogP contribution in [0.15, 0.2) is 34.8 Å². The van der Waals surface area contributed by atoms with Crippen molar-refractivity contribution in [2.75, 3.05) is 24.7 Å². The number of rotatable bonds is 11. The van der Waals surface area contributed by atoms with Crippen molar-refractivity contribution in [3.05, 3.63) is 34.8 Å². The van der Waals surface area contributed by atoms with Gasteiger partial charge in [-0.05, 0) is 19.6 Å². The molecule has 1 aromatic heterocycles. The van der Waals surface area contributed by atoms with Gasteiger partial charge in [0.15, 0.2) is 12.4 Å². The Morgan fingerprint density at radius 1 is 0.885 bits per heavy atom. The van der Waals surface area contributed by atoms with Crippen LogP contribution in [0.2, 0.25) is 0 Å². The van der Waals surface area contributed by atoms with Crippen molar-refractivity contribution in [3.8, 4) is 0 Å². The first-order valence-corrected chi connectivity index (χ1v) is 10.3. The average molecular weight is 399 g/mol. The van der Waals surface area contributed by atoms with Crippen molar-refractivity contribution in [2.45, 2.75) is 27.2 Å². The number of Topliss-reactive ketones (excluding diaryl/α,β-unsaturated/α-hetero) is 1. The molecule has 0 saturated heterocycles. The van der Waals surface area contributed by atoms with E-state index in [1.54, 1.807) is 42.9 Å². The van der Waals surface area contributed by atoms with E-state index >= 15 is 0 Å². The summed E-state index contributed by atoms with van der Waals surface area (Å²) in [4.78, 5) is 36.3. The zero-order valence-corrected chi connectivity index (χ0v) is 16.9. The first kappa shape index (κ1) is 22.2. The lowest BCUT2D eigenvalue weighted by Crippen LogP contribution is -2.37. The molecule has 0 bridgehead atoms. The minimum atomic E-state index is -0.567. The van der Waals surface area contributed by atoms with E-state index in [0.29, 0.717) is 16.5 Å². The fraction of sp³-hybridized carbons (Fsp3) is 0.444. The van der Waals surface area contributed by atoms with Crippen molar-refractivity contribution in [1.82, 2.24) is 0 Å². The number of esters is 2. The molecule has 0 aliphatic carbocycles. The van der Waals surface area contributed by atoms with Crippen molar-refractivity contribution in [1.29, 1.82) is 0 Å². The lowest BCUT2D eigenvalue weighted by molar-refractivity contribution is -0.577. The molecular formula is C18H24NO5S2+. The van der Waals surface area contributed by atoms with Gasteiger partial charge in [0.2, 0.25) is 5.78 Å². The number of pyridine rings is 1. The number of nitrogens with zero attached hydrogens (tertiary/aromatic N) is 1. The van der Waals surface area contributed by atoms with Crippen LogP contribution in [-0.4, -0.2) is 42.4 Å². The minimum Gasteiger partial charge on any atom is -0.466 e. The van der Waals surface area contributed by atoms with Crippen LogP contribution < -0.4 is 4.57 Å². The summed E-state index contributed by atoms with van der Waals surface area (Å²) in [6.07, 6.45) is 3.12. The van der Waals surface area contributed by atoms with Crippen LogP contribution in [-0.2, 0) is 23.9 Å². The predicted octanol–water partition coefficient (Wildman–Crippen LogP) is 2.67. The van der Waals surface area contributed by atoms with Gasteiger partial charge in [-0.1, -0.05) is 13.0 Å². The Kier molecular flexibility index (Phi) is 10.7. The molecule has 0 aliphatic heterocycles. The highest BCUT2D eigenvalue weighted by Gasteiger charge is 2.28. The number of ether oxygens (including phenoxy) is 2. The SMILES string of the molecule is CCOC(=O)CS/C(SCC)=C(/C(=O)CC(=O)OCC)[n+]1ccccc1. The molecule has 26 heavy (non-hydrogen) atoms. The van der Waals surface area contributed by atoms with Gasteiger partial charge in [0.1, 0.15) is 10.7 Å². The second-order valence-electron chi connectivity index (χ2n) is 4.85. The van der Waals surface area contributed by atoms with Gasteiger partial charge in [0.05, 0.1) is 19.0 Å². The fourth-order valence-corrected chi connectivity index (χ4v) is 4.14. The highest BCUT2D eigenvalue weighted by molar-refractivity contribution is 8.22. The van der Waals surface area contributed by atoms with E-state index in [4.69, 9.17) is 9.47 Å². The summed E-state index contributed by atoms with van der Waals surface area (Å²) >= 11 is 2.69. The lowest BCUT2D eigenvalue weighted by Gasteiger charge is -2.09. The Morgan fingerprint density at radius 3 is 2.08 bits per heavy atom. The smallest absolute Gasteiger partial charge is 0.316 e. The molecular weight excluding hydrogens is 374 g/mol. The average Bonchev–Trinajstić information content (AvgIpc) is 2.61. The van der Waals surface area contributed by atoms with Crippen LogP contribution in [0.4, 0.5) is 0 Å². The number of hydrogen-bond donors (Lipinski definition) is 0. The maximum Gasteiger partial charge on any atom is 0.316 e. The van der Waals surface area contributed by atoms with E-state index in [1.807, 2.05) is 13.0 Å². The maximum atomic E-state index is 12.8. The highest BCUT2D eigenvalue weighted by Crippen LogP contribution is 2.32. The predicted molar refractivity (Wildman–Crippen MR) is 103 cm³/mol. The lowest BCUT2D eigenvalue weighted by atomic mass is 10.2. The molecule has 0 unspecified atom stereocenters. The Balaban J connectivity index is 3.18. The molecule has 0 atom stereocenters. The number of aromatic nitrogens is 1. The topological polar surface area (TPSA) is 73.5 Å². The molecule has 0 fully saturated rings. The molecule has 0 amide bonds. The van der Waals surface area contributed by atoms with Gasteiger partial charge in [0.25, 0.3) is 5.70 Å².